The molecule has 0 bridgehead atoms. The molecule has 1 saturated carbocycles. The van der Waals surface area contributed by atoms with Crippen LogP contribution >= 0.6 is 0 Å². The van der Waals surface area contributed by atoms with Crippen molar-refractivity contribution in [1.29, 1.82) is 0 Å². The highest BCUT2D eigenvalue weighted by molar-refractivity contribution is 5.95. The number of carbonyl (C=O) groups excluding carboxylic acids is 2. The summed E-state index contributed by atoms with van der Waals surface area (Å²) < 4.78 is 26.7. The lowest BCUT2D eigenvalue weighted by Crippen LogP contribution is -2.40. The second kappa shape index (κ2) is 5.04. The van der Waals surface area contributed by atoms with Gasteiger partial charge in [-0.3, -0.25) is 9.59 Å². The number of hydrogen-bond acceptors (Lipinski definition) is 2. The molecule has 1 heterocycles. The number of nitrogens with zero attached hydrogens (tertiary/aromatic N) is 1. The van der Waals surface area contributed by atoms with Crippen molar-refractivity contribution >= 4 is 17.5 Å². The number of anilines is 1. The molecule has 0 unspecified atom stereocenters. The summed E-state index contributed by atoms with van der Waals surface area (Å²) in [5.74, 6) is -2.86. The van der Waals surface area contributed by atoms with E-state index in [1.807, 2.05) is 0 Å². The molecule has 1 N–H and O–H groups in total. The Morgan fingerprint density at radius 1 is 1.14 bits per heavy atom. The number of rotatable bonds is 2. The van der Waals surface area contributed by atoms with E-state index in [1.54, 1.807) is 29.2 Å². The van der Waals surface area contributed by atoms with E-state index in [4.69, 9.17) is 0 Å². The van der Waals surface area contributed by atoms with Gasteiger partial charge in [0.1, 0.15) is 0 Å². The van der Waals surface area contributed by atoms with E-state index in [1.165, 1.54) is 6.92 Å². The van der Waals surface area contributed by atoms with Crippen LogP contribution < -0.4 is 5.32 Å². The molecule has 6 heteroatoms. The summed E-state index contributed by atoms with van der Waals surface area (Å²) in [7, 11) is 0. The van der Waals surface area contributed by atoms with Gasteiger partial charge < -0.3 is 10.2 Å². The van der Waals surface area contributed by atoms with Gasteiger partial charge in [0.05, 0.1) is 0 Å². The van der Waals surface area contributed by atoms with E-state index in [0.29, 0.717) is 37.2 Å². The summed E-state index contributed by atoms with van der Waals surface area (Å²) in [6.45, 7) is 2.17. The molecule has 22 heavy (non-hydrogen) atoms. The number of amides is 2. The number of carbonyl (C=O) groups is 2. The SMILES string of the molecule is CC(=O)Nc1ccc(C(=O)N2CCC3(CC2)CC3(F)F)cc1. The summed E-state index contributed by atoms with van der Waals surface area (Å²) in [5, 5.41) is 2.63. The van der Waals surface area contributed by atoms with Crippen LogP contribution in [0.4, 0.5) is 14.5 Å². The van der Waals surface area contributed by atoms with Crippen LogP contribution in [-0.2, 0) is 4.79 Å². The van der Waals surface area contributed by atoms with E-state index in [2.05, 4.69) is 5.32 Å². The van der Waals surface area contributed by atoms with Gasteiger partial charge in [-0.05, 0) is 37.1 Å². The normalized spacial score (nSPS) is 21.5. The highest BCUT2D eigenvalue weighted by atomic mass is 19.3. The largest absolute Gasteiger partial charge is 0.339 e. The minimum Gasteiger partial charge on any atom is -0.339 e. The van der Waals surface area contributed by atoms with Gasteiger partial charge in [0.25, 0.3) is 11.8 Å². The van der Waals surface area contributed by atoms with Crippen LogP contribution in [0.5, 0.6) is 0 Å². The van der Waals surface area contributed by atoms with Crippen molar-refractivity contribution in [2.24, 2.45) is 5.41 Å². The zero-order valence-corrected chi connectivity index (χ0v) is 12.4. The zero-order valence-electron chi connectivity index (χ0n) is 12.4. The molecule has 1 saturated heterocycles. The lowest BCUT2D eigenvalue weighted by atomic mass is 9.92. The first kappa shape index (κ1) is 14.9. The summed E-state index contributed by atoms with van der Waals surface area (Å²) in [6.07, 6.45) is 0.707. The van der Waals surface area contributed by atoms with Crippen LogP contribution in [0.3, 0.4) is 0 Å². The molecule has 2 aliphatic rings. The Morgan fingerprint density at radius 3 is 2.14 bits per heavy atom. The molecular formula is C16H18F2N2O2. The lowest BCUT2D eigenvalue weighted by molar-refractivity contribution is -0.114. The van der Waals surface area contributed by atoms with Crippen molar-refractivity contribution in [2.45, 2.75) is 32.1 Å². The molecule has 2 fully saturated rings. The fourth-order valence-electron chi connectivity index (χ4n) is 3.14. The zero-order chi connectivity index (χ0) is 16.0. The Bertz CT molecular complexity index is 605. The molecule has 1 aliphatic heterocycles. The third kappa shape index (κ3) is 2.58. The summed E-state index contributed by atoms with van der Waals surface area (Å²) in [6, 6.07) is 6.61. The molecule has 1 aromatic rings. The number of alkyl halides is 2. The number of benzene rings is 1. The molecule has 0 aromatic heterocycles. The molecule has 1 aliphatic carbocycles. The molecule has 0 atom stereocenters. The van der Waals surface area contributed by atoms with Gasteiger partial charge in [-0.2, -0.15) is 0 Å². The van der Waals surface area contributed by atoms with Crippen LogP contribution in [0.1, 0.15) is 36.5 Å². The molecule has 2 amide bonds. The van der Waals surface area contributed by atoms with Crippen molar-refractivity contribution in [1.82, 2.24) is 4.90 Å². The fraction of sp³-hybridized carbons (Fsp3) is 0.500. The summed E-state index contributed by atoms with van der Waals surface area (Å²) in [5.41, 5.74) is 0.283. The Kier molecular flexibility index (Phi) is 3.42. The van der Waals surface area contributed by atoms with Crippen molar-refractivity contribution in [2.75, 3.05) is 18.4 Å². The van der Waals surface area contributed by atoms with E-state index in [-0.39, 0.29) is 18.2 Å². The number of likely N-dealkylation sites (tertiary alicyclic amines) is 1. The van der Waals surface area contributed by atoms with Gasteiger partial charge in [-0.25, -0.2) is 8.78 Å². The maximum Gasteiger partial charge on any atom is 0.254 e. The van der Waals surface area contributed by atoms with E-state index >= 15 is 0 Å². The predicted octanol–water partition coefficient (Wildman–Crippen LogP) is 2.91. The maximum absolute atomic E-state index is 13.3. The Hall–Kier alpha value is -1.98. The maximum atomic E-state index is 13.3. The molecule has 118 valence electrons. The highest BCUT2D eigenvalue weighted by Gasteiger charge is 2.70. The average molecular weight is 308 g/mol. The van der Waals surface area contributed by atoms with Crippen LogP contribution in [0.15, 0.2) is 24.3 Å². The lowest BCUT2D eigenvalue weighted by Gasteiger charge is -2.32. The number of hydrogen-bond donors (Lipinski definition) is 1. The van der Waals surface area contributed by atoms with Crippen molar-refractivity contribution in [3.8, 4) is 0 Å². The summed E-state index contributed by atoms with van der Waals surface area (Å²) in [4.78, 5) is 25.0. The third-order valence-electron chi connectivity index (χ3n) is 4.67. The fourth-order valence-corrected chi connectivity index (χ4v) is 3.14. The second-order valence-electron chi connectivity index (χ2n) is 6.21. The van der Waals surface area contributed by atoms with Gasteiger partial charge in [0, 0.05) is 43.1 Å². The van der Waals surface area contributed by atoms with Crippen LogP contribution in [0.25, 0.3) is 0 Å². The first-order chi connectivity index (χ1) is 10.3. The highest BCUT2D eigenvalue weighted by Crippen LogP contribution is 2.65. The van der Waals surface area contributed by atoms with Crippen LogP contribution in [0, 0.1) is 5.41 Å². The van der Waals surface area contributed by atoms with Crippen molar-refractivity contribution < 1.29 is 18.4 Å². The minimum atomic E-state index is -2.54. The first-order valence-corrected chi connectivity index (χ1v) is 7.38. The monoisotopic (exact) mass is 308 g/mol. The van der Waals surface area contributed by atoms with Gasteiger partial charge in [-0.1, -0.05) is 0 Å². The van der Waals surface area contributed by atoms with Gasteiger partial charge in [0.2, 0.25) is 5.91 Å². The Morgan fingerprint density at radius 2 is 1.68 bits per heavy atom. The van der Waals surface area contributed by atoms with Gasteiger partial charge in [-0.15, -0.1) is 0 Å². The standard InChI is InChI=1S/C16H18F2N2O2/c1-11(21)19-13-4-2-12(3-5-13)14(22)20-8-6-15(7-9-20)10-16(15,17)18/h2-5H,6-10H2,1H3,(H,19,21). The average Bonchev–Trinajstić information content (AvgIpc) is 2.99. The molecule has 4 nitrogen and oxygen atoms in total. The van der Waals surface area contributed by atoms with Crippen molar-refractivity contribution in [3.63, 3.8) is 0 Å². The first-order valence-electron chi connectivity index (χ1n) is 7.38. The number of halogens is 2. The molecule has 1 aromatic carbocycles. The Balaban J connectivity index is 1.62. The topological polar surface area (TPSA) is 49.4 Å². The van der Waals surface area contributed by atoms with E-state index in [0.717, 1.165) is 0 Å². The summed E-state index contributed by atoms with van der Waals surface area (Å²) >= 11 is 0. The minimum absolute atomic E-state index is 0.0343. The van der Waals surface area contributed by atoms with Crippen LogP contribution in [0.2, 0.25) is 0 Å². The third-order valence-corrected chi connectivity index (χ3v) is 4.67. The van der Waals surface area contributed by atoms with Crippen LogP contribution in [-0.4, -0.2) is 35.7 Å². The molecular weight excluding hydrogens is 290 g/mol. The second-order valence-corrected chi connectivity index (χ2v) is 6.21. The Labute approximate surface area is 127 Å². The molecule has 0 radical (unpaired) electrons. The quantitative estimate of drug-likeness (QED) is 0.913. The van der Waals surface area contributed by atoms with Gasteiger partial charge >= 0.3 is 0 Å². The van der Waals surface area contributed by atoms with E-state index < -0.39 is 11.3 Å². The van der Waals surface area contributed by atoms with E-state index in [9.17, 15) is 18.4 Å². The molecule has 1 spiro atoms. The van der Waals surface area contributed by atoms with Crippen molar-refractivity contribution in [3.05, 3.63) is 29.8 Å². The number of piperidine rings is 1. The number of nitrogens with one attached hydrogen (secondary N) is 1. The predicted molar refractivity (Wildman–Crippen MR) is 77.9 cm³/mol. The smallest absolute Gasteiger partial charge is 0.254 e. The van der Waals surface area contributed by atoms with Gasteiger partial charge in [0.15, 0.2) is 0 Å². The molecule has 3 rings (SSSR count).